The van der Waals surface area contributed by atoms with Crippen molar-refractivity contribution in [1.82, 2.24) is 5.32 Å². The number of hydrogen-bond acceptors (Lipinski definition) is 4. The summed E-state index contributed by atoms with van der Waals surface area (Å²) in [4.78, 5) is 14.9. The van der Waals surface area contributed by atoms with Crippen LogP contribution in [0.2, 0.25) is 0 Å². The molecule has 2 aromatic rings. The van der Waals surface area contributed by atoms with Crippen LogP contribution in [0.4, 0.5) is 11.4 Å². The van der Waals surface area contributed by atoms with Crippen LogP contribution in [0.3, 0.4) is 0 Å². The van der Waals surface area contributed by atoms with E-state index in [1.165, 1.54) is 12.3 Å². The lowest BCUT2D eigenvalue weighted by molar-refractivity contribution is -0.132. The van der Waals surface area contributed by atoms with Gasteiger partial charge in [-0.3, -0.25) is 4.99 Å². The lowest BCUT2D eigenvalue weighted by atomic mass is 10.1. The van der Waals surface area contributed by atoms with E-state index in [9.17, 15) is 9.90 Å². The summed E-state index contributed by atoms with van der Waals surface area (Å²) >= 11 is 0. The van der Waals surface area contributed by atoms with Crippen molar-refractivity contribution in [2.45, 2.75) is 13.5 Å². The molecular weight excluding hydrogens is 314 g/mol. The molecule has 0 aromatic heterocycles. The molecule has 0 bridgehead atoms. The van der Waals surface area contributed by atoms with Gasteiger partial charge in [0, 0.05) is 29.8 Å². The van der Waals surface area contributed by atoms with Gasteiger partial charge in [0.25, 0.3) is 0 Å². The van der Waals surface area contributed by atoms with E-state index in [2.05, 4.69) is 22.3 Å². The third kappa shape index (κ3) is 5.35. The van der Waals surface area contributed by atoms with Gasteiger partial charge < -0.3 is 15.7 Å². The van der Waals surface area contributed by atoms with E-state index in [4.69, 9.17) is 0 Å². The molecule has 5 heteroatoms. The fourth-order valence-electron chi connectivity index (χ4n) is 2.28. The first-order valence-corrected chi connectivity index (χ1v) is 7.82. The van der Waals surface area contributed by atoms with Crippen LogP contribution in [-0.2, 0) is 11.3 Å². The lowest BCUT2D eigenvalue weighted by Gasteiger charge is -2.14. The van der Waals surface area contributed by atoms with Gasteiger partial charge in [-0.15, -0.1) is 0 Å². The quantitative estimate of drug-likeness (QED) is 0.386. The second-order valence-corrected chi connectivity index (χ2v) is 5.34. The topological polar surface area (TPSA) is 73.7 Å². The van der Waals surface area contributed by atoms with Gasteiger partial charge in [0.1, 0.15) is 0 Å². The second kappa shape index (κ2) is 9.08. The van der Waals surface area contributed by atoms with Crippen LogP contribution in [0.25, 0.3) is 0 Å². The maximum Gasteiger partial charge on any atom is 0.337 e. The van der Waals surface area contributed by atoms with Crippen molar-refractivity contribution in [2.75, 3.05) is 5.32 Å². The Morgan fingerprint density at radius 2 is 1.84 bits per heavy atom. The van der Waals surface area contributed by atoms with Crippen LogP contribution in [0, 0.1) is 0 Å². The molecule has 0 aliphatic rings. The van der Waals surface area contributed by atoms with Crippen molar-refractivity contribution in [3.63, 3.8) is 0 Å². The summed E-state index contributed by atoms with van der Waals surface area (Å²) in [6.07, 6.45) is 2.78. The first-order chi connectivity index (χ1) is 12.1. The Morgan fingerprint density at radius 3 is 2.52 bits per heavy atom. The number of carboxylic acid groups (broad SMARTS) is 1. The molecule has 0 aliphatic heterocycles. The van der Waals surface area contributed by atoms with Gasteiger partial charge in [-0.25, -0.2) is 4.79 Å². The molecule has 0 aliphatic carbocycles. The van der Waals surface area contributed by atoms with Crippen molar-refractivity contribution in [3.05, 3.63) is 83.7 Å². The molecule has 0 saturated heterocycles. The molecule has 0 radical (unpaired) electrons. The Bertz CT molecular complexity index is 796. The van der Waals surface area contributed by atoms with E-state index in [1.54, 1.807) is 6.92 Å². The van der Waals surface area contributed by atoms with Crippen LogP contribution in [-0.4, -0.2) is 17.8 Å². The fourth-order valence-corrected chi connectivity index (χ4v) is 2.28. The van der Waals surface area contributed by atoms with Crippen LogP contribution in [0.5, 0.6) is 0 Å². The maximum atomic E-state index is 11.3. The number of benzene rings is 2. The fraction of sp³-hybridized carbons (Fsp3) is 0.100. The Morgan fingerprint density at radius 1 is 1.16 bits per heavy atom. The molecule has 0 saturated carbocycles. The smallest absolute Gasteiger partial charge is 0.337 e. The number of aliphatic carboxylic acids is 1. The number of anilines is 2. The highest BCUT2D eigenvalue weighted by Gasteiger charge is 2.09. The number of hydrogen-bond donors (Lipinski definition) is 3. The Labute approximate surface area is 147 Å². The summed E-state index contributed by atoms with van der Waals surface area (Å²) in [6.45, 7) is 5.54. The molecular formula is C20H21N3O2. The molecule has 0 unspecified atom stereocenters. The number of para-hydroxylation sites is 2. The minimum Gasteiger partial charge on any atom is -0.478 e. The molecule has 0 fully saturated rings. The third-order valence-electron chi connectivity index (χ3n) is 3.60. The standard InChI is InChI=1S/C20H21N3O2/c1-15(18(20(24)25)12-13-21-2)22-14-16-8-6-7-11-19(16)23-17-9-4-3-5-10-17/h3-13,22-23H,2,14H2,1H3,(H,24,25)/b13-12-,18-15-. The predicted molar refractivity (Wildman–Crippen MR) is 102 cm³/mol. The van der Waals surface area contributed by atoms with E-state index in [1.807, 2.05) is 54.6 Å². The molecule has 3 N–H and O–H groups in total. The summed E-state index contributed by atoms with van der Waals surface area (Å²) in [5.41, 5.74) is 3.70. The maximum absolute atomic E-state index is 11.3. The summed E-state index contributed by atoms with van der Waals surface area (Å²) in [5, 5.41) is 15.8. The zero-order valence-corrected chi connectivity index (χ0v) is 14.1. The molecule has 128 valence electrons. The normalized spacial score (nSPS) is 11.7. The van der Waals surface area contributed by atoms with Gasteiger partial charge >= 0.3 is 5.97 Å². The molecule has 2 aromatic carbocycles. The van der Waals surface area contributed by atoms with E-state index >= 15 is 0 Å². The van der Waals surface area contributed by atoms with Crippen LogP contribution >= 0.6 is 0 Å². The second-order valence-electron chi connectivity index (χ2n) is 5.34. The number of nitrogens with one attached hydrogen (secondary N) is 2. The molecule has 0 spiro atoms. The summed E-state index contributed by atoms with van der Waals surface area (Å²) in [7, 11) is 0. The molecule has 5 nitrogen and oxygen atoms in total. The summed E-state index contributed by atoms with van der Waals surface area (Å²) < 4.78 is 0. The zero-order chi connectivity index (χ0) is 18.1. The van der Waals surface area contributed by atoms with Crippen molar-refractivity contribution < 1.29 is 9.90 Å². The van der Waals surface area contributed by atoms with Gasteiger partial charge in [-0.05, 0) is 43.5 Å². The number of rotatable bonds is 8. The summed E-state index contributed by atoms with van der Waals surface area (Å²) in [5.74, 6) is -1.01. The Balaban J connectivity index is 2.16. The summed E-state index contributed by atoms with van der Waals surface area (Å²) in [6, 6.07) is 17.8. The number of nitrogens with zero attached hydrogens (tertiary/aromatic N) is 1. The predicted octanol–water partition coefficient (Wildman–Crippen LogP) is 4.09. The minimum atomic E-state index is -1.01. The lowest BCUT2D eigenvalue weighted by Crippen LogP contribution is -2.16. The van der Waals surface area contributed by atoms with E-state index in [0.29, 0.717) is 12.2 Å². The SMILES string of the molecule is C=N/C=C\C(C(=O)O)=C(/C)NCc1ccccc1Nc1ccccc1. The molecule has 0 heterocycles. The first-order valence-electron chi connectivity index (χ1n) is 7.82. The van der Waals surface area contributed by atoms with Gasteiger partial charge in [0.2, 0.25) is 0 Å². The number of carbonyl (C=O) groups is 1. The third-order valence-corrected chi connectivity index (χ3v) is 3.60. The van der Waals surface area contributed by atoms with Crippen molar-refractivity contribution in [1.29, 1.82) is 0 Å². The molecule has 0 atom stereocenters. The molecule has 25 heavy (non-hydrogen) atoms. The van der Waals surface area contributed by atoms with E-state index in [-0.39, 0.29) is 5.57 Å². The van der Waals surface area contributed by atoms with Crippen molar-refractivity contribution in [3.8, 4) is 0 Å². The van der Waals surface area contributed by atoms with Crippen molar-refractivity contribution >= 4 is 24.1 Å². The highest BCUT2D eigenvalue weighted by molar-refractivity contribution is 5.90. The molecule has 0 amide bonds. The molecule has 2 rings (SSSR count). The monoisotopic (exact) mass is 335 g/mol. The minimum absolute atomic E-state index is 0.154. The van der Waals surface area contributed by atoms with Crippen LogP contribution < -0.4 is 10.6 Å². The first kappa shape index (κ1) is 18.0. The van der Waals surface area contributed by atoms with Gasteiger partial charge in [0.15, 0.2) is 0 Å². The number of aliphatic imine (C=N–C) groups is 1. The average Bonchev–Trinajstić information content (AvgIpc) is 2.62. The Kier molecular flexibility index (Phi) is 6.54. The number of carboxylic acids is 1. The average molecular weight is 335 g/mol. The van der Waals surface area contributed by atoms with Crippen LogP contribution in [0.15, 0.2) is 83.1 Å². The van der Waals surface area contributed by atoms with Gasteiger partial charge in [-0.2, -0.15) is 0 Å². The number of allylic oxidation sites excluding steroid dienone is 1. The van der Waals surface area contributed by atoms with E-state index in [0.717, 1.165) is 16.9 Å². The Hall–Kier alpha value is -3.34. The van der Waals surface area contributed by atoms with E-state index < -0.39 is 5.97 Å². The van der Waals surface area contributed by atoms with Gasteiger partial charge in [-0.1, -0.05) is 36.4 Å². The van der Waals surface area contributed by atoms with Crippen molar-refractivity contribution in [2.24, 2.45) is 4.99 Å². The highest BCUT2D eigenvalue weighted by atomic mass is 16.4. The van der Waals surface area contributed by atoms with Crippen LogP contribution in [0.1, 0.15) is 12.5 Å². The largest absolute Gasteiger partial charge is 0.478 e. The highest BCUT2D eigenvalue weighted by Crippen LogP contribution is 2.21. The zero-order valence-electron chi connectivity index (χ0n) is 14.1. The van der Waals surface area contributed by atoms with Gasteiger partial charge in [0.05, 0.1) is 5.57 Å².